The Morgan fingerprint density at radius 1 is 1.14 bits per heavy atom. The molecule has 1 aliphatic rings. The molecule has 0 aromatic carbocycles. The van der Waals surface area contributed by atoms with E-state index in [1.165, 1.54) is 45.1 Å². The first-order valence-electron chi connectivity index (χ1n) is 6.07. The van der Waals surface area contributed by atoms with Crippen LogP contribution in [0.5, 0.6) is 0 Å². The Bertz CT molecular complexity index is 139. The van der Waals surface area contributed by atoms with Gasteiger partial charge in [0.1, 0.15) is 0 Å². The van der Waals surface area contributed by atoms with E-state index < -0.39 is 0 Å². The number of halogens is 1. The third-order valence-corrected chi connectivity index (χ3v) is 3.65. The maximum Gasteiger partial charge on any atom is 0.0159 e. The normalized spacial score (nSPS) is 20.4. The molecule has 1 aliphatic carbocycles. The first kappa shape index (κ1) is 12.5. The van der Waals surface area contributed by atoms with Crippen LogP contribution in [0.25, 0.3) is 0 Å². The van der Waals surface area contributed by atoms with Crippen molar-refractivity contribution in [3.63, 3.8) is 0 Å². The van der Waals surface area contributed by atoms with Crippen LogP contribution in [0.2, 0.25) is 0 Å². The molecule has 0 bridgehead atoms. The van der Waals surface area contributed by atoms with Gasteiger partial charge in [0.2, 0.25) is 0 Å². The zero-order chi connectivity index (χ0) is 10.4. The Labute approximate surface area is 97.4 Å². The molecule has 1 nitrogen and oxygen atoms in total. The van der Waals surface area contributed by atoms with Gasteiger partial charge in [0.15, 0.2) is 0 Å². The fourth-order valence-corrected chi connectivity index (χ4v) is 2.96. The molecule has 0 N–H and O–H groups in total. The Morgan fingerprint density at radius 2 is 1.71 bits per heavy atom. The van der Waals surface area contributed by atoms with Crippen LogP contribution in [-0.4, -0.2) is 28.9 Å². The van der Waals surface area contributed by atoms with Crippen molar-refractivity contribution in [1.29, 1.82) is 0 Å². The van der Waals surface area contributed by atoms with Crippen LogP contribution < -0.4 is 0 Å². The lowest BCUT2D eigenvalue weighted by molar-refractivity contribution is 0.149. The van der Waals surface area contributed by atoms with Gasteiger partial charge in [0.25, 0.3) is 0 Å². The maximum atomic E-state index is 3.56. The second kappa shape index (κ2) is 6.84. The minimum atomic E-state index is 0.704. The van der Waals surface area contributed by atoms with Gasteiger partial charge in [-0.15, -0.1) is 0 Å². The van der Waals surface area contributed by atoms with Gasteiger partial charge in [-0.1, -0.05) is 41.6 Å². The van der Waals surface area contributed by atoms with Crippen LogP contribution in [-0.2, 0) is 0 Å². The quantitative estimate of drug-likeness (QED) is 0.550. The summed E-state index contributed by atoms with van der Waals surface area (Å²) < 4.78 is 0. The molecule has 0 atom stereocenters. The molecule has 2 heteroatoms. The molecular formula is C12H24BrN. The average molecular weight is 262 g/mol. The minimum Gasteiger partial charge on any atom is -0.297 e. The predicted octanol–water partition coefficient (Wildman–Crippen LogP) is 3.81. The van der Waals surface area contributed by atoms with Crippen LogP contribution in [0, 0.1) is 0 Å². The number of rotatable bonds is 4. The molecular weight excluding hydrogens is 238 g/mol. The van der Waals surface area contributed by atoms with E-state index in [2.05, 4.69) is 34.7 Å². The third-order valence-electron chi connectivity index (χ3n) is 3.30. The van der Waals surface area contributed by atoms with Gasteiger partial charge in [-0.3, -0.25) is 4.90 Å². The first-order chi connectivity index (χ1) is 6.75. The van der Waals surface area contributed by atoms with Gasteiger partial charge >= 0.3 is 0 Å². The van der Waals surface area contributed by atoms with E-state index in [-0.39, 0.29) is 0 Å². The second-order valence-corrected chi connectivity index (χ2v) is 5.46. The van der Waals surface area contributed by atoms with Crippen molar-refractivity contribution in [3.05, 3.63) is 0 Å². The summed E-state index contributed by atoms with van der Waals surface area (Å²) in [4.78, 5) is 2.68. The molecule has 0 aromatic heterocycles. The number of nitrogens with zero attached hydrogens (tertiary/aromatic N) is 1. The molecule has 1 saturated carbocycles. The van der Waals surface area contributed by atoms with Crippen LogP contribution >= 0.6 is 15.9 Å². The van der Waals surface area contributed by atoms with Gasteiger partial charge in [-0.05, 0) is 26.7 Å². The fraction of sp³-hybridized carbons (Fsp3) is 1.00. The monoisotopic (exact) mass is 261 g/mol. The van der Waals surface area contributed by atoms with E-state index in [1.54, 1.807) is 0 Å². The Balaban J connectivity index is 2.46. The lowest BCUT2D eigenvalue weighted by Crippen LogP contribution is -2.41. The van der Waals surface area contributed by atoms with Crippen molar-refractivity contribution in [1.82, 2.24) is 4.90 Å². The molecule has 0 aliphatic heterocycles. The summed E-state index contributed by atoms with van der Waals surface area (Å²) in [6.07, 6.45) is 8.64. The Kier molecular flexibility index (Phi) is 6.11. The van der Waals surface area contributed by atoms with Crippen molar-refractivity contribution in [2.75, 3.05) is 11.9 Å². The molecule has 1 fully saturated rings. The van der Waals surface area contributed by atoms with Crippen LogP contribution in [0.1, 0.15) is 52.4 Å². The number of hydrogen-bond acceptors (Lipinski definition) is 1. The maximum absolute atomic E-state index is 3.56. The lowest BCUT2D eigenvalue weighted by Gasteiger charge is -2.34. The SMILES string of the molecule is CC(C)N(CCBr)C1CCCCCC1. The molecule has 0 amide bonds. The van der Waals surface area contributed by atoms with E-state index in [4.69, 9.17) is 0 Å². The van der Waals surface area contributed by atoms with E-state index in [9.17, 15) is 0 Å². The van der Waals surface area contributed by atoms with Crippen molar-refractivity contribution >= 4 is 15.9 Å². The van der Waals surface area contributed by atoms with Gasteiger partial charge in [0.05, 0.1) is 0 Å². The smallest absolute Gasteiger partial charge is 0.0159 e. The molecule has 0 unspecified atom stereocenters. The van der Waals surface area contributed by atoms with Gasteiger partial charge < -0.3 is 0 Å². The third kappa shape index (κ3) is 3.90. The van der Waals surface area contributed by atoms with E-state index in [0.29, 0.717) is 6.04 Å². The molecule has 0 spiro atoms. The standard InChI is InChI=1S/C12H24BrN/c1-11(2)14(10-9-13)12-7-5-3-4-6-8-12/h11-12H,3-10H2,1-2H3. The molecule has 84 valence electrons. The minimum absolute atomic E-state index is 0.704. The zero-order valence-corrected chi connectivity index (χ0v) is 11.2. The highest BCUT2D eigenvalue weighted by molar-refractivity contribution is 9.09. The molecule has 0 saturated heterocycles. The summed E-state index contributed by atoms with van der Waals surface area (Å²) >= 11 is 3.56. The van der Waals surface area contributed by atoms with Crippen LogP contribution in [0.3, 0.4) is 0 Å². The van der Waals surface area contributed by atoms with Crippen molar-refractivity contribution in [2.24, 2.45) is 0 Å². The highest BCUT2D eigenvalue weighted by atomic mass is 79.9. The summed E-state index contributed by atoms with van der Waals surface area (Å²) in [5, 5.41) is 1.11. The van der Waals surface area contributed by atoms with E-state index >= 15 is 0 Å². The summed E-state index contributed by atoms with van der Waals surface area (Å²) in [5.41, 5.74) is 0. The molecule has 0 aromatic rings. The molecule has 0 radical (unpaired) electrons. The van der Waals surface area contributed by atoms with Crippen molar-refractivity contribution in [3.8, 4) is 0 Å². The van der Waals surface area contributed by atoms with Crippen LogP contribution in [0.4, 0.5) is 0 Å². The summed E-state index contributed by atoms with van der Waals surface area (Å²) in [6, 6.07) is 1.56. The molecule has 1 rings (SSSR count). The van der Waals surface area contributed by atoms with Crippen molar-refractivity contribution in [2.45, 2.75) is 64.5 Å². The fourth-order valence-electron chi connectivity index (χ4n) is 2.55. The topological polar surface area (TPSA) is 3.24 Å². The number of hydrogen-bond donors (Lipinski definition) is 0. The highest BCUT2D eigenvalue weighted by Gasteiger charge is 2.21. The van der Waals surface area contributed by atoms with E-state index in [1.807, 2.05) is 0 Å². The van der Waals surface area contributed by atoms with Gasteiger partial charge in [-0.2, -0.15) is 0 Å². The molecule has 14 heavy (non-hydrogen) atoms. The second-order valence-electron chi connectivity index (χ2n) is 4.67. The summed E-state index contributed by atoms with van der Waals surface area (Å²) in [5.74, 6) is 0. The summed E-state index contributed by atoms with van der Waals surface area (Å²) in [6.45, 7) is 5.86. The van der Waals surface area contributed by atoms with Gasteiger partial charge in [0, 0.05) is 24.0 Å². The predicted molar refractivity (Wildman–Crippen MR) is 67.1 cm³/mol. The average Bonchev–Trinajstić information content (AvgIpc) is 2.41. The lowest BCUT2D eigenvalue weighted by atomic mass is 10.1. The largest absolute Gasteiger partial charge is 0.297 e. The van der Waals surface area contributed by atoms with Crippen LogP contribution in [0.15, 0.2) is 0 Å². The van der Waals surface area contributed by atoms with Gasteiger partial charge in [-0.25, -0.2) is 0 Å². The molecule has 0 heterocycles. The van der Waals surface area contributed by atoms with E-state index in [0.717, 1.165) is 11.4 Å². The first-order valence-corrected chi connectivity index (χ1v) is 7.19. The highest BCUT2D eigenvalue weighted by Crippen LogP contribution is 2.23. The summed E-state index contributed by atoms with van der Waals surface area (Å²) in [7, 11) is 0. The Hall–Kier alpha value is 0.440. The zero-order valence-electron chi connectivity index (χ0n) is 9.64. The Morgan fingerprint density at radius 3 is 2.14 bits per heavy atom. The number of alkyl halides is 1. The van der Waals surface area contributed by atoms with Crippen molar-refractivity contribution < 1.29 is 0 Å².